The Morgan fingerprint density at radius 1 is 1.11 bits per heavy atom. The molecule has 0 aliphatic heterocycles. The van der Waals surface area contributed by atoms with Gasteiger partial charge in [0.25, 0.3) is 0 Å². The maximum absolute atomic E-state index is 12.5. The minimum absolute atomic E-state index is 0.0470. The topological polar surface area (TPSA) is 37.3 Å². The molecule has 3 atom stereocenters. The molecule has 2 aromatic carbocycles. The molecule has 0 amide bonds. The largest absolute Gasteiger partial charge is 0.396 e. The molecular formula is C15H18O2P2. The van der Waals surface area contributed by atoms with Gasteiger partial charge in [0.05, 0.1) is 6.61 Å². The van der Waals surface area contributed by atoms with Crippen LogP contribution in [0.15, 0.2) is 48.5 Å². The highest BCUT2D eigenvalue weighted by Gasteiger charge is 2.16. The van der Waals surface area contributed by atoms with Gasteiger partial charge in [-0.3, -0.25) is 0 Å². The second kappa shape index (κ2) is 6.48. The quantitative estimate of drug-likeness (QED) is 0.879. The van der Waals surface area contributed by atoms with Gasteiger partial charge < -0.3 is 9.67 Å². The molecule has 0 aromatic heterocycles. The van der Waals surface area contributed by atoms with Crippen LogP contribution in [0.3, 0.4) is 0 Å². The summed E-state index contributed by atoms with van der Waals surface area (Å²) in [5.41, 5.74) is 1.88. The molecule has 2 nitrogen and oxygen atoms in total. The molecule has 0 aliphatic carbocycles. The van der Waals surface area contributed by atoms with Gasteiger partial charge in [0, 0.05) is 11.0 Å². The second-order valence-corrected chi connectivity index (χ2v) is 7.46. The van der Waals surface area contributed by atoms with E-state index < -0.39 is 7.80 Å². The Kier molecular flexibility index (Phi) is 4.93. The number of hydrogen-bond donors (Lipinski definition) is 1. The van der Waals surface area contributed by atoms with E-state index in [1.54, 1.807) is 0 Å². The summed E-state index contributed by atoms with van der Waals surface area (Å²) in [6.45, 7) is 1.78. The molecule has 2 rings (SSSR count). The first kappa shape index (κ1) is 14.5. The zero-order chi connectivity index (χ0) is 13.8. The molecule has 3 unspecified atom stereocenters. The van der Waals surface area contributed by atoms with Crippen molar-refractivity contribution in [3.05, 3.63) is 48.5 Å². The lowest BCUT2D eigenvalue weighted by Gasteiger charge is -2.14. The normalized spacial score (nSPS) is 14.1. The third-order valence-electron chi connectivity index (χ3n) is 3.16. The fraction of sp³-hybridized carbons (Fsp3) is 0.200. The highest BCUT2D eigenvalue weighted by molar-refractivity contribution is 7.54. The highest BCUT2D eigenvalue weighted by Crippen LogP contribution is 2.32. The highest BCUT2D eigenvalue weighted by atomic mass is 31.1. The molecule has 0 radical (unpaired) electrons. The molecule has 0 fully saturated rings. The maximum atomic E-state index is 12.5. The zero-order valence-corrected chi connectivity index (χ0v) is 13.0. The summed E-state index contributed by atoms with van der Waals surface area (Å²) in [7, 11) is 0.712. The van der Waals surface area contributed by atoms with Crippen LogP contribution in [0.5, 0.6) is 0 Å². The van der Waals surface area contributed by atoms with Crippen LogP contribution in [0.4, 0.5) is 0 Å². The molecule has 4 heteroatoms. The van der Waals surface area contributed by atoms with Gasteiger partial charge in [0.15, 0.2) is 0 Å². The molecule has 0 heterocycles. The summed E-state index contributed by atoms with van der Waals surface area (Å²) in [6.07, 6.45) is 0. The summed E-state index contributed by atoms with van der Waals surface area (Å²) in [6, 6.07) is 15.8. The molecule has 100 valence electrons. The summed E-state index contributed by atoms with van der Waals surface area (Å²) in [5, 5.41) is 11.1. The predicted molar refractivity (Wildman–Crippen MR) is 86.4 cm³/mol. The third-order valence-corrected chi connectivity index (χ3v) is 5.71. The van der Waals surface area contributed by atoms with E-state index in [2.05, 4.69) is 9.24 Å². The molecule has 0 saturated heterocycles. The summed E-state index contributed by atoms with van der Waals surface area (Å²) < 4.78 is 12.5. The van der Waals surface area contributed by atoms with Gasteiger partial charge in [0.2, 0.25) is 0 Å². The Labute approximate surface area is 116 Å². The van der Waals surface area contributed by atoms with E-state index in [0.29, 0.717) is 0 Å². The van der Waals surface area contributed by atoms with Crippen LogP contribution in [0.2, 0.25) is 0 Å². The lowest BCUT2D eigenvalue weighted by molar-refractivity contribution is 0.297. The first-order valence-electron chi connectivity index (χ1n) is 6.24. The van der Waals surface area contributed by atoms with Gasteiger partial charge >= 0.3 is 0 Å². The number of hydrogen-bond acceptors (Lipinski definition) is 2. The van der Waals surface area contributed by atoms with E-state index in [1.807, 2.05) is 55.5 Å². The Morgan fingerprint density at radius 2 is 1.68 bits per heavy atom. The average molecular weight is 292 g/mol. The van der Waals surface area contributed by atoms with Crippen LogP contribution in [0.1, 0.15) is 6.92 Å². The third kappa shape index (κ3) is 3.15. The smallest absolute Gasteiger partial charge is 0.109 e. The molecule has 1 N–H and O–H groups in total. The Hall–Kier alpha value is -0.940. The van der Waals surface area contributed by atoms with E-state index in [4.69, 9.17) is 0 Å². The van der Waals surface area contributed by atoms with E-state index in [-0.39, 0.29) is 12.3 Å². The van der Waals surface area contributed by atoms with Gasteiger partial charge in [-0.05, 0) is 16.4 Å². The zero-order valence-electron chi connectivity index (χ0n) is 10.8. The van der Waals surface area contributed by atoms with Crippen molar-refractivity contribution < 1.29 is 9.67 Å². The van der Waals surface area contributed by atoms with Crippen LogP contribution in [0, 0.1) is 0 Å². The first-order valence-corrected chi connectivity index (χ1v) is 8.30. The Morgan fingerprint density at radius 3 is 2.32 bits per heavy atom. The van der Waals surface area contributed by atoms with Crippen molar-refractivity contribution in [1.29, 1.82) is 0 Å². The standard InChI is InChI=1S/C15H18O2P2/c1-11(10-16)19(17)15-9-5-3-7-13(15)12-6-2-4-8-14(12)18/h2-9,11,16,19H,10,18H2,1H3. The predicted octanol–water partition coefficient (Wildman–Crippen LogP) is 2.42. The molecule has 0 aliphatic rings. The van der Waals surface area contributed by atoms with Crippen LogP contribution < -0.4 is 10.6 Å². The number of benzene rings is 2. The van der Waals surface area contributed by atoms with Crippen LogP contribution >= 0.6 is 17.0 Å². The van der Waals surface area contributed by atoms with Gasteiger partial charge in [0.1, 0.15) is 7.80 Å². The minimum Gasteiger partial charge on any atom is -0.396 e. The van der Waals surface area contributed by atoms with Crippen LogP contribution in [-0.2, 0) is 4.57 Å². The molecule has 2 aromatic rings. The van der Waals surface area contributed by atoms with Crippen molar-refractivity contribution >= 4 is 27.6 Å². The molecule has 0 bridgehead atoms. The fourth-order valence-corrected chi connectivity index (χ4v) is 3.83. The van der Waals surface area contributed by atoms with Gasteiger partial charge in [-0.15, -0.1) is 9.24 Å². The summed E-state index contributed by atoms with van der Waals surface area (Å²) >= 11 is 0. The van der Waals surface area contributed by atoms with Gasteiger partial charge in [-0.2, -0.15) is 0 Å². The number of rotatable bonds is 4. The van der Waals surface area contributed by atoms with Crippen molar-refractivity contribution in [3.63, 3.8) is 0 Å². The van der Waals surface area contributed by atoms with Gasteiger partial charge in [-0.25, -0.2) is 0 Å². The minimum atomic E-state index is -2.00. The van der Waals surface area contributed by atoms with E-state index in [1.165, 1.54) is 0 Å². The van der Waals surface area contributed by atoms with E-state index in [0.717, 1.165) is 21.7 Å². The van der Waals surface area contributed by atoms with Crippen LogP contribution in [-0.4, -0.2) is 17.4 Å². The van der Waals surface area contributed by atoms with Crippen molar-refractivity contribution in [2.24, 2.45) is 0 Å². The second-order valence-electron chi connectivity index (χ2n) is 4.58. The lowest BCUT2D eigenvalue weighted by atomic mass is 10.1. The maximum Gasteiger partial charge on any atom is 0.109 e. The van der Waals surface area contributed by atoms with Crippen molar-refractivity contribution in [1.82, 2.24) is 0 Å². The number of aliphatic hydroxyl groups excluding tert-OH is 1. The average Bonchev–Trinajstić information content (AvgIpc) is 2.46. The summed E-state index contributed by atoms with van der Waals surface area (Å²) in [4.78, 5) is 0. The first-order chi connectivity index (χ1) is 9.15. The van der Waals surface area contributed by atoms with E-state index in [9.17, 15) is 9.67 Å². The molecular weight excluding hydrogens is 274 g/mol. The monoisotopic (exact) mass is 292 g/mol. The van der Waals surface area contributed by atoms with Gasteiger partial charge in [-0.1, -0.05) is 55.5 Å². The molecule has 0 saturated carbocycles. The van der Waals surface area contributed by atoms with Crippen molar-refractivity contribution in [3.8, 4) is 11.1 Å². The number of aliphatic hydroxyl groups is 1. The fourth-order valence-electron chi connectivity index (χ4n) is 2.02. The lowest BCUT2D eigenvalue weighted by Crippen LogP contribution is -2.13. The van der Waals surface area contributed by atoms with Crippen molar-refractivity contribution in [2.75, 3.05) is 6.61 Å². The SMILES string of the molecule is CC(CO)[PH](=O)c1ccccc1-c1ccccc1P. The van der Waals surface area contributed by atoms with E-state index >= 15 is 0 Å². The Bertz CT molecular complexity index is 596. The summed E-state index contributed by atoms with van der Waals surface area (Å²) in [5.74, 6) is 0. The molecule has 0 spiro atoms. The van der Waals surface area contributed by atoms with Crippen LogP contribution in [0.25, 0.3) is 11.1 Å². The Balaban J connectivity index is 2.54. The van der Waals surface area contributed by atoms with Crippen molar-refractivity contribution in [2.45, 2.75) is 12.6 Å². The molecule has 19 heavy (non-hydrogen) atoms.